The second kappa shape index (κ2) is 11.7. The second-order valence-electron chi connectivity index (χ2n) is 7.63. The van der Waals surface area contributed by atoms with Gasteiger partial charge in [-0.3, -0.25) is 0 Å². The molecule has 0 aromatic heterocycles. The predicted molar refractivity (Wildman–Crippen MR) is 105 cm³/mol. The molecule has 1 fully saturated rings. The summed E-state index contributed by atoms with van der Waals surface area (Å²) in [6.45, 7) is 5.47. The first-order chi connectivity index (χ1) is 11.8. The molecule has 1 aliphatic heterocycles. The maximum Gasteiger partial charge on any atom is 0.0575 e. The molecule has 1 aromatic carbocycles. The van der Waals surface area contributed by atoms with Crippen LogP contribution in [0, 0.1) is 0 Å². The Bertz CT molecular complexity index is 414. The number of rotatable bonds is 11. The van der Waals surface area contributed by atoms with Gasteiger partial charge in [-0.05, 0) is 43.2 Å². The van der Waals surface area contributed by atoms with Gasteiger partial charge >= 0.3 is 0 Å². The zero-order chi connectivity index (χ0) is 17.0. The molecule has 1 heterocycles. The predicted octanol–water partition coefficient (Wildman–Crippen LogP) is 7.04. The van der Waals surface area contributed by atoms with Crippen molar-refractivity contribution in [3.8, 4) is 0 Å². The monoisotopic (exact) mass is 330 g/mol. The van der Waals surface area contributed by atoms with Gasteiger partial charge in [0.05, 0.1) is 12.7 Å². The molecular weight excluding hydrogens is 292 g/mol. The number of hydrogen-bond donors (Lipinski definition) is 0. The van der Waals surface area contributed by atoms with E-state index in [1.165, 1.54) is 88.2 Å². The molecule has 24 heavy (non-hydrogen) atoms. The van der Waals surface area contributed by atoms with E-state index in [-0.39, 0.29) is 0 Å². The molecule has 2 rings (SSSR count). The van der Waals surface area contributed by atoms with E-state index in [1.54, 1.807) is 0 Å². The van der Waals surface area contributed by atoms with Crippen molar-refractivity contribution >= 4 is 0 Å². The highest BCUT2D eigenvalue weighted by molar-refractivity contribution is 5.26. The second-order valence-corrected chi connectivity index (χ2v) is 7.63. The van der Waals surface area contributed by atoms with Gasteiger partial charge in [0.25, 0.3) is 0 Å². The lowest BCUT2D eigenvalue weighted by Crippen LogP contribution is -2.24. The standard InChI is InChI=1S/C23H38O/c1-3-5-7-8-9-10-11-20-13-15-21(16-14-20)22-17-18-23(24-19-22)12-6-4-2/h13-16,22-23H,3-12,17-19H2,1-2H3. The Morgan fingerprint density at radius 3 is 2.21 bits per heavy atom. The number of unbranched alkanes of at least 4 members (excludes halogenated alkanes) is 6. The van der Waals surface area contributed by atoms with Gasteiger partial charge in [0, 0.05) is 5.92 Å². The quantitative estimate of drug-likeness (QED) is 0.395. The van der Waals surface area contributed by atoms with Crippen LogP contribution in [0.15, 0.2) is 24.3 Å². The molecule has 2 unspecified atom stereocenters. The maximum absolute atomic E-state index is 6.09. The molecule has 0 saturated carbocycles. The van der Waals surface area contributed by atoms with Gasteiger partial charge in [-0.15, -0.1) is 0 Å². The first-order valence-corrected chi connectivity index (χ1v) is 10.5. The largest absolute Gasteiger partial charge is 0.378 e. The minimum Gasteiger partial charge on any atom is -0.378 e. The lowest BCUT2D eigenvalue weighted by Gasteiger charge is -2.29. The lowest BCUT2D eigenvalue weighted by molar-refractivity contribution is -0.00189. The van der Waals surface area contributed by atoms with Crippen LogP contribution in [0.4, 0.5) is 0 Å². The Balaban J connectivity index is 1.67. The van der Waals surface area contributed by atoms with Crippen LogP contribution in [0.5, 0.6) is 0 Å². The fraction of sp³-hybridized carbons (Fsp3) is 0.739. The molecule has 0 radical (unpaired) electrons. The van der Waals surface area contributed by atoms with Gasteiger partial charge in [0.1, 0.15) is 0 Å². The van der Waals surface area contributed by atoms with Crippen molar-refractivity contribution in [2.75, 3.05) is 6.61 Å². The molecule has 1 nitrogen and oxygen atoms in total. The minimum absolute atomic E-state index is 0.521. The first-order valence-electron chi connectivity index (χ1n) is 10.5. The molecule has 1 aliphatic rings. The summed E-state index contributed by atoms with van der Waals surface area (Å²) < 4.78 is 6.09. The number of benzene rings is 1. The zero-order valence-corrected chi connectivity index (χ0v) is 16.1. The smallest absolute Gasteiger partial charge is 0.0575 e. The summed E-state index contributed by atoms with van der Waals surface area (Å²) in [7, 11) is 0. The van der Waals surface area contributed by atoms with Crippen LogP contribution < -0.4 is 0 Å². The topological polar surface area (TPSA) is 9.23 Å². The van der Waals surface area contributed by atoms with E-state index in [0.29, 0.717) is 12.0 Å². The average Bonchev–Trinajstić information content (AvgIpc) is 2.64. The van der Waals surface area contributed by atoms with Gasteiger partial charge in [-0.2, -0.15) is 0 Å². The Morgan fingerprint density at radius 1 is 0.833 bits per heavy atom. The Hall–Kier alpha value is -0.820. The third-order valence-corrected chi connectivity index (χ3v) is 5.52. The van der Waals surface area contributed by atoms with Crippen molar-refractivity contribution in [1.82, 2.24) is 0 Å². The van der Waals surface area contributed by atoms with Crippen molar-refractivity contribution < 1.29 is 4.74 Å². The SMILES string of the molecule is CCCCCCCCc1ccc(C2CCC(CCCC)OC2)cc1. The van der Waals surface area contributed by atoms with E-state index >= 15 is 0 Å². The molecule has 2 atom stereocenters. The summed E-state index contributed by atoms with van der Waals surface area (Å²) in [6, 6.07) is 9.41. The Morgan fingerprint density at radius 2 is 1.54 bits per heavy atom. The van der Waals surface area contributed by atoms with Crippen LogP contribution >= 0.6 is 0 Å². The van der Waals surface area contributed by atoms with E-state index < -0.39 is 0 Å². The van der Waals surface area contributed by atoms with Gasteiger partial charge in [-0.1, -0.05) is 83.1 Å². The Labute approximate surface area is 150 Å². The third kappa shape index (κ3) is 6.97. The highest BCUT2D eigenvalue weighted by Crippen LogP contribution is 2.30. The van der Waals surface area contributed by atoms with Crippen molar-refractivity contribution in [1.29, 1.82) is 0 Å². The summed E-state index contributed by atoms with van der Waals surface area (Å²) in [6.07, 6.45) is 16.4. The zero-order valence-electron chi connectivity index (χ0n) is 16.1. The molecule has 136 valence electrons. The molecule has 0 spiro atoms. The molecule has 1 saturated heterocycles. The molecule has 0 aliphatic carbocycles. The van der Waals surface area contributed by atoms with Gasteiger partial charge in [0.2, 0.25) is 0 Å². The maximum atomic E-state index is 6.09. The van der Waals surface area contributed by atoms with E-state index in [4.69, 9.17) is 4.74 Å². The van der Waals surface area contributed by atoms with Gasteiger partial charge in [-0.25, -0.2) is 0 Å². The average molecular weight is 331 g/mol. The van der Waals surface area contributed by atoms with Gasteiger partial charge < -0.3 is 4.74 Å². The normalized spacial score (nSPS) is 21.1. The molecule has 1 aromatic rings. The molecular formula is C23H38O. The van der Waals surface area contributed by atoms with E-state index in [2.05, 4.69) is 38.1 Å². The Kier molecular flexibility index (Phi) is 9.50. The van der Waals surface area contributed by atoms with Crippen LogP contribution in [0.2, 0.25) is 0 Å². The molecule has 0 amide bonds. The summed E-state index contributed by atoms with van der Waals surface area (Å²) in [5.74, 6) is 0.617. The van der Waals surface area contributed by atoms with Crippen LogP contribution in [0.1, 0.15) is 102 Å². The number of aryl methyl sites for hydroxylation is 1. The summed E-state index contributed by atoms with van der Waals surface area (Å²) >= 11 is 0. The van der Waals surface area contributed by atoms with Crippen LogP contribution in [-0.2, 0) is 11.2 Å². The van der Waals surface area contributed by atoms with E-state index in [9.17, 15) is 0 Å². The minimum atomic E-state index is 0.521. The number of ether oxygens (including phenoxy) is 1. The summed E-state index contributed by atoms with van der Waals surface area (Å²) in [5.41, 5.74) is 2.99. The van der Waals surface area contributed by atoms with Crippen LogP contribution in [0.25, 0.3) is 0 Å². The van der Waals surface area contributed by atoms with Gasteiger partial charge in [0.15, 0.2) is 0 Å². The third-order valence-electron chi connectivity index (χ3n) is 5.52. The highest BCUT2D eigenvalue weighted by atomic mass is 16.5. The fourth-order valence-electron chi connectivity index (χ4n) is 3.79. The molecule has 0 N–H and O–H groups in total. The first kappa shape index (κ1) is 19.5. The fourth-order valence-corrected chi connectivity index (χ4v) is 3.79. The van der Waals surface area contributed by atoms with E-state index in [1.807, 2.05) is 0 Å². The summed E-state index contributed by atoms with van der Waals surface area (Å²) in [5, 5.41) is 0. The number of hydrogen-bond acceptors (Lipinski definition) is 1. The van der Waals surface area contributed by atoms with Crippen LogP contribution in [0.3, 0.4) is 0 Å². The van der Waals surface area contributed by atoms with E-state index in [0.717, 1.165) is 6.61 Å². The lowest BCUT2D eigenvalue weighted by atomic mass is 9.89. The highest BCUT2D eigenvalue weighted by Gasteiger charge is 2.22. The summed E-state index contributed by atoms with van der Waals surface area (Å²) in [4.78, 5) is 0. The van der Waals surface area contributed by atoms with Crippen molar-refractivity contribution in [2.45, 2.75) is 103 Å². The molecule has 1 heteroatoms. The van der Waals surface area contributed by atoms with Crippen molar-refractivity contribution in [3.05, 3.63) is 35.4 Å². The van der Waals surface area contributed by atoms with Crippen LogP contribution in [-0.4, -0.2) is 12.7 Å². The molecule has 0 bridgehead atoms. The van der Waals surface area contributed by atoms with Crippen molar-refractivity contribution in [3.63, 3.8) is 0 Å². The van der Waals surface area contributed by atoms with Crippen molar-refractivity contribution in [2.24, 2.45) is 0 Å².